The van der Waals surface area contributed by atoms with E-state index in [0.29, 0.717) is 13.1 Å². The highest BCUT2D eigenvalue weighted by atomic mass is 16.6. The second-order valence-electron chi connectivity index (χ2n) is 6.31. The van der Waals surface area contributed by atoms with Crippen molar-refractivity contribution < 1.29 is 19.1 Å². The Balaban J connectivity index is 1.87. The Kier molecular flexibility index (Phi) is 3.03. The van der Waals surface area contributed by atoms with Crippen LogP contribution in [0.3, 0.4) is 0 Å². The van der Waals surface area contributed by atoms with E-state index < -0.39 is 5.60 Å². The molecule has 0 radical (unpaired) electrons. The van der Waals surface area contributed by atoms with Crippen LogP contribution in [0.15, 0.2) is 0 Å². The third-order valence-electron chi connectivity index (χ3n) is 3.82. The van der Waals surface area contributed by atoms with Crippen LogP contribution in [0.2, 0.25) is 0 Å². The van der Waals surface area contributed by atoms with E-state index in [1.807, 2.05) is 20.8 Å². The summed E-state index contributed by atoms with van der Waals surface area (Å²) in [5.41, 5.74) is -0.509. The van der Waals surface area contributed by atoms with Crippen molar-refractivity contribution >= 4 is 12.1 Å². The summed E-state index contributed by atoms with van der Waals surface area (Å²) >= 11 is 0. The standard InChI is InChI=1S/C13H21NO4/c1-12(2,3)18-11(16)14-7-13(8-14)6-5-9(13)10(15)17-4/h9H,5-8H2,1-4H3. The van der Waals surface area contributed by atoms with Crippen molar-refractivity contribution in [1.29, 1.82) is 0 Å². The first-order chi connectivity index (χ1) is 8.27. The SMILES string of the molecule is COC(=O)C1CCC12CN(C(=O)OC(C)(C)C)C2. The molecule has 0 bridgehead atoms. The van der Waals surface area contributed by atoms with Crippen LogP contribution < -0.4 is 0 Å². The zero-order chi connectivity index (χ0) is 13.6. The second kappa shape index (κ2) is 4.14. The first-order valence-electron chi connectivity index (χ1n) is 6.33. The Bertz CT molecular complexity index is 366. The molecule has 18 heavy (non-hydrogen) atoms. The summed E-state index contributed by atoms with van der Waals surface area (Å²) < 4.78 is 10.1. The summed E-state index contributed by atoms with van der Waals surface area (Å²) in [6, 6.07) is 0. The maximum Gasteiger partial charge on any atom is 0.410 e. The van der Waals surface area contributed by atoms with Gasteiger partial charge in [0.15, 0.2) is 0 Å². The molecular formula is C13H21NO4. The van der Waals surface area contributed by atoms with Gasteiger partial charge in [0.05, 0.1) is 13.0 Å². The highest BCUT2D eigenvalue weighted by Gasteiger charge is 2.59. The number of carbonyl (C=O) groups excluding carboxylic acids is 2. The van der Waals surface area contributed by atoms with E-state index in [2.05, 4.69) is 0 Å². The molecule has 0 N–H and O–H groups in total. The number of nitrogens with zero attached hydrogens (tertiary/aromatic N) is 1. The Hall–Kier alpha value is -1.26. The zero-order valence-electron chi connectivity index (χ0n) is 11.5. The van der Waals surface area contributed by atoms with Gasteiger partial charge in [-0.05, 0) is 33.6 Å². The molecule has 1 atom stereocenters. The molecule has 2 rings (SSSR count). The van der Waals surface area contributed by atoms with Gasteiger partial charge in [-0.1, -0.05) is 0 Å². The summed E-state index contributed by atoms with van der Waals surface area (Å²) in [5, 5.41) is 0. The fourth-order valence-electron chi connectivity index (χ4n) is 2.76. The van der Waals surface area contributed by atoms with Crippen molar-refractivity contribution in [2.24, 2.45) is 11.3 Å². The van der Waals surface area contributed by atoms with Crippen LogP contribution in [-0.2, 0) is 14.3 Å². The minimum absolute atomic E-state index is 0.0377. The molecule has 102 valence electrons. The third-order valence-corrected chi connectivity index (χ3v) is 3.82. The van der Waals surface area contributed by atoms with Gasteiger partial charge in [-0.3, -0.25) is 4.79 Å². The van der Waals surface area contributed by atoms with Crippen molar-refractivity contribution in [2.45, 2.75) is 39.2 Å². The van der Waals surface area contributed by atoms with Crippen molar-refractivity contribution in [1.82, 2.24) is 4.90 Å². The maximum atomic E-state index is 11.8. The molecule has 0 aromatic rings. The number of likely N-dealkylation sites (tertiary alicyclic amines) is 1. The van der Waals surface area contributed by atoms with Gasteiger partial charge in [0.25, 0.3) is 0 Å². The van der Waals surface area contributed by atoms with Crippen LogP contribution in [0, 0.1) is 11.3 Å². The summed E-state index contributed by atoms with van der Waals surface area (Å²) in [7, 11) is 1.42. The third kappa shape index (κ3) is 2.18. The Morgan fingerprint density at radius 1 is 1.28 bits per heavy atom. The normalized spacial score (nSPS) is 25.1. The molecule has 1 spiro atoms. The van der Waals surface area contributed by atoms with Gasteiger partial charge < -0.3 is 14.4 Å². The summed E-state index contributed by atoms with van der Waals surface area (Å²) in [4.78, 5) is 25.0. The van der Waals surface area contributed by atoms with Gasteiger partial charge >= 0.3 is 12.1 Å². The Labute approximate surface area is 107 Å². The van der Waals surface area contributed by atoms with E-state index in [4.69, 9.17) is 9.47 Å². The van der Waals surface area contributed by atoms with E-state index in [1.165, 1.54) is 7.11 Å². The van der Waals surface area contributed by atoms with Crippen LogP contribution in [0.25, 0.3) is 0 Å². The fourth-order valence-corrected chi connectivity index (χ4v) is 2.76. The number of hydrogen-bond donors (Lipinski definition) is 0. The second-order valence-corrected chi connectivity index (χ2v) is 6.31. The lowest BCUT2D eigenvalue weighted by atomic mass is 9.56. The molecule has 1 aliphatic carbocycles. The van der Waals surface area contributed by atoms with Gasteiger partial charge in [0.2, 0.25) is 0 Å². The van der Waals surface area contributed by atoms with Gasteiger partial charge in [-0.2, -0.15) is 0 Å². The Morgan fingerprint density at radius 3 is 2.28 bits per heavy atom. The molecule has 0 aromatic carbocycles. The molecule has 2 aliphatic rings. The quantitative estimate of drug-likeness (QED) is 0.670. The molecule has 1 aliphatic heterocycles. The molecule has 1 heterocycles. The zero-order valence-corrected chi connectivity index (χ0v) is 11.5. The van der Waals surface area contributed by atoms with Gasteiger partial charge in [0.1, 0.15) is 5.60 Å². The van der Waals surface area contributed by atoms with Crippen molar-refractivity contribution in [3.05, 3.63) is 0 Å². The van der Waals surface area contributed by atoms with Crippen molar-refractivity contribution in [2.75, 3.05) is 20.2 Å². The molecule has 1 amide bonds. The number of hydrogen-bond acceptors (Lipinski definition) is 4. The molecule has 2 fully saturated rings. The lowest BCUT2D eigenvalue weighted by Crippen LogP contribution is -2.67. The lowest BCUT2D eigenvalue weighted by molar-refractivity contribution is -0.172. The number of amides is 1. The summed E-state index contributed by atoms with van der Waals surface area (Å²) in [6.07, 6.45) is 1.57. The lowest BCUT2D eigenvalue weighted by Gasteiger charge is -2.58. The first-order valence-corrected chi connectivity index (χ1v) is 6.33. The van der Waals surface area contributed by atoms with Crippen LogP contribution in [0.5, 0.6) is 0 Å². The average Bonchev–Trinajstić information content (AvgIpc) is 2.10. The number of carbonyl (C=O) groups is 2. The molecule has 5 heteroatoms. The minimum Gasteiger partial charge on any atom is -0.469 e. The highest BCUT2D eigenvalue weighted by Crippen LogP contribution is 2.53. The predicted octanol–water partition coefficient (Wildman–Crippen LogP) is 1.81. The van der Waals surface area contributed by atoms with Gasteiger partial charge in [-0.15, -0.1) is 0 Å². The largest absolute Gasteiger partial charge is 0.469 e. The van der Waals surface area contributed by atoms with E-state index in [-0.39, 0.29) is 23.4 Å². The van der Waals surface area contributed by atoms with Gasteiger partial charge in [-0.25, -0.2) is 4.79 Å². The summed E-state index contributed by atoms with van der Waals surface area (Å²) in [5.74, 6) is -0.189. The average molecular weight is 255 g/mol. The number of rotatable bonds is 1. The number of esters is 1. The smallest absolute Gasteiger partial charge is 0.410 e. The van der Waals surface area contributed by atoms with E-state index in [0.717, 1.165) is 12.8 Å². The fraction of sp³-hybridized carbons (Fsp3) is 0.846. The molecule has 5 nitrogen and oxygen atoms in total. The molecule has 0 aromatic heterocycles. The topological polar surface area (TPSA) is 55.8 Å². The van der Waals surface area contributed by atoms with Crippen LogP contribution in [-0.4, -0.2) is 42.8 Å². The molecule has 1 unspecified atom stereocenters. The monoisotopic (exact) mass is 255 g/mol. The highest BCUT2D eigenvalue weighted by molar-refractivity contribution is 5.76. The predicted molar refractivity (Wildman–Crippen MR) is 65.0 cm³/mol. The van der Waals surface area contributed by atoms with Gasteiger partial charge in [0, 0.05) is 18.5 Å². The maximum absolute atomic E-state index is 11.8. The van der Waals surface area contributed by atoms with Crippen molar-refractivity contribution in [3.8, 4) is 0 Å². The first kappa shape index (κ1) is 13.2. The molecule has 1 saturated carbocycles. The van der Waals surface area contributed by atoms with E-state index in [1.54, 1.807) is 4.90 Å². The Morgan fingerprint density at radius 2 is 1.89 bits per heavy atom. The van der Waals surface area contributed by atoms with Crippen LogP contribution in [0.1, 0.15) is 33.6 Å². The van der Waals surface area contributed by atoms with Crippen molar-refractivity contribution in [3.63, 3.8) is 0 Å². The number of methoxy groups -OCH3 is 1. The van der Waals surface area contributed by atoms with E-state index >= 15 is 0 Å². The molecule has 1 saturated heterocycles. The summed E-state index contributed by atoms with van der Waals surface area (Å²) in [6.45, 7) is 6.77. The van der Waals surface area contributed by atoms with Crippen LogP contribution >= 0.6 is 0 Å². The number of ether oxygens (including phenoxy) is 2. The van der Waals surface area contributed by atoms with E-state index in [9.17, 15) is 9.59 Å². The minimum atomic E-state index is -0.471. The van der Waals surface area contributed by atoms with Crippen LogP contribution in [0.4, 0.5) is 4.79 Å². The molecular weight excluding hydrogens is 234 g/mol.